The smallest absolute Gasteiger partial charge is 0.411 e. The molecule has 1 aliphatic rings. The fraction of sp³-hybridized carbons (Fsp3) is 0.833. The van der Waals surface area contributed by atoms with Gasteiger partial charge in [-0.05, 0) is 41.3 Å². The number of rotatable bonds is 2. The molecule has 0 spiro atoms. The fourth-order valence-corrected chi connectivity index (χ4v) is 1.94. The molecule has 6 heteroatoms. The second-order valence-corrected chi connectivity index (χ2v) is 5.84. The van der Waals surface area contributed by atoms with E-state index >= 15 is 0 Å². The lowest BCUT2D eigenvalue weighted by Crippen LogP contribution is -2.43. The largest absolute Gasteiger partial charge is 0.480 e. The summed E-state index contributed by atoms with van der Waals surface area (Å²) in [6.07, 6.45) is -0.124. The number of likely N-dealkylation sites (N-methyl/N-ethyl adjacent to an activating group) is 1. The molecule has 0 saturated carbocycles. The Balaban J connectivity index is 2.78. The Labute approximate surface area is 107 Å². The molecule has 0 aromatic carbocycles. The van der Waals surface area contributed by atoms with Crippen molar-refractivity contribution >= 4 is 12.1 Å². The Morgan fingerprint density at radius 3 is 2.28 bits per heavy atom. The number of carbonyl (C=O) groups excluding carboxylic acids is 1. The highest BCUT2D eigenvalue weighted by atomic mass is 16.6. The van der Waals surface area contributed by atoms with Crippen molar-refractivity contribution in [3.05, 3.63) is 0 Å². The number of ether oxygens (including phenoxy) is 1. The van der Waals surface area contributed by atoms with Crippen LogP contribution in [0.5, 0.6) is 0 Å². The van der Waals surface area contributed by atoms with Crippen LogP contribution >= 0.6 is 0 Å². The van der Waals surface area contributed by atoms with E-state index in [1.54, 1.807) is 20.8 Å². The lowest BCUT2D eigenvalue weighted by molar-refractivity contribution is -0.142. The van der Waals surface area contributed by atoms with E-state index in [0.29, 0.717) is 13.0 Å². The van der Waals surface area contributed by atoms with Crippen LogP contribution in [-0.2, 0) is 9.53 Å². The van der Waals surface area contributed by atoms with Gasteiger partial charge in [-0.3, -0.25) is 4.90 Å². The first kappa shape index (κ1) is 14.8. The quantitative estimate of drug-likeness (QED) is 0.800. The third-order valence-electron chi connectivity index (χ3n) is 2.92. The molecule has 104 valence electrons. The second kappa shape index (κ2) is 5.14. The molecule has 0 aliphatic carbocycles. The number of amides is 1. The maximum atomic E-state index is 12.0. The second-order valence-electron chi connectivity index (χ2n) is 5.84. The molecule has 0 aromatic rings. The number of hydrogen-bond donors (Lipinski definition) is 1. The van der Waals surface area contributed by atoms with Crippen LogP contribution in [0.1, 0.15) is 27.2 Å². The number of hydrogen-bond acceptors (Lipinski definition) is 4. The maximum absolute atomic E-state index is 12.0. The number of carbonyl (C=O) groups is 2. The molecule has 1 amide bonds. The normalized spacial score (nSPS) is 24.4. The molecule has 1 unspecified atom stereocenters. The molecule has 0 aromatic heterocycles. The Morgan fingerprint density at radius 2 is 1.89 bits per heavy atom. The first-order valence-electron chi connectivity index (χ1n) is 6.00. The minimum atomic E-state index is -0.981. The van der Waals surface area contributed by atoms with Crippen LogP contribution in [0.25, 0.3) is 0 Å². The van der Waals surface area contributed by atoms with E-state index in [-0.39, 0.29) is 6.04 Å². The van der Waals surface area contributed by atoms with Crippen molar-refractivity contribution < 1.29 is 19.4 Å². The van der Waals surface area contributed by atoms with Gasteiger partial charge in [0.15, 0.2) is 0 Å². The third kappa shape index (κ3) is 3.60. The van der Waals surface area contributed by atoms with Crippen molar-refractivity contribution in [1.29, 1.82) is 0 Å². The number of likely N-dealkylation sites (tertiary alicyclic amines) is 1. The fourth-order valence-electron chi connectivity index (χ4n) is 1.94. The molecule has 1 fully saturated rings. The molecule has 2 atom stereocenters. The van der Waals surface area contributed by atoms with Crippen LogP contribution in [0.3, 0.4) is 0 Å². The molecule has 0 bridgehead atoms. The zero-order valence-corrected chi connectivity index (χ0v) is 11.6. The van der Waals surface area contributed by atoms with Gasteiger partial charge in [-0.15, -0.1) is 0 Å². The standard InChI is InChI=1S/C12H22N2O4/c1-12(2,3)18-11(17)14-7-8(13(4)5)6-9(14)10(15)16/h8-9H,6-7H2,1-5H3,(H,15,16)/t8?,9-/m0/s1. The summed E-state index contributed by atoms with van der Waals surface area (Å²) < 4.78 is 5.24. The van der Waals surface area contributed by atoms with Gasteiger partial charge in [-0.1, -0.05) is 0 Å². The summed E-state index contributed by atoms with van der Waals surface area (Å²) in [5, 5.41) is 9.16. The number of carboxylic acid groups (broad SMARTS) is 1. The number of aliphatic carboxylic acids is 1. The van der Waals surface area contributed by atoms with E-state index in [0.717, 1.165) is 0 Å². The highest BCUT2D eigenvalue weighted by Crippen LogP contribution is 2.23. The highest BCUT2D eigenvalue weighted by Gasteiger charge is 2.42. The van der Waals surface area contributed by atoms with Crippen LogP contribution in [0.2, 0.25) is 0 Å². The molecular formula is C12H22N2O4. The number of carboxylic acids is 1. The van der Waals surface area contributed by atoms with E-state index in [1.165, 1.54) is 4.90 Å². The molecule has 18 heavy (non-hydrogen) atoms. The van der Waals surface area contributed by atoms with Crippen LogP contribution in [0, 0.1) is 0 Å². The Morgan fingerprint density at radius 1 is 1.33 bits per heavy atom. The van der Waals surface area contributed by atoms with Crippen molar-refractivity contribution in [3.8, 4) is 0 Å². The molecule has 1 heterocycles. The van der Waals surface area contributed by atoms with Crippen LogP contribution in [0.15, 0.2) is 0 Å². The molecular weight excluding hydrogens is 236 g/mol. The summed E-state index contributed by atoms with van der Waals surface area (Å²) in [5.74, 6) is -0.981. The zero-order valence-electron chi connectivity index (χ0n) is 11.6. The molecule has 1 saturated heterocycles. The van der Waals surface area contributed by atoms with Gasteiger partial charge in [0.2, 0.25) is 0 Å². The van der Waals surface area contributed by atoms with Gasteiger partial charge >= 0.3 is 12.1 Å². The van der Waals surface area contributed by atoms with Gasteiger partial charge in [-0.25, -0.2) is 9.59 Å². The van der Waals surface area contributed by atoms with Gasteiger partial charge in [-0.2, -0.15) is 0 Å². The van der Waals surface area contributed by atoms with E-state index in [2.05, 4.69) is 0 Å². The molecule has 1 aliphatic heterocycles. The SMILES string of the molecule is CN(C)C1C[C@@H](C(=O)O)N(C(=O)OC(C)(C)C)C1. The summed E-state index contributed by atoms with van der Waals surface area (Å²) in [7, 11) is 3.75. The van der Waals surface area contributed by atoms with Gasteiger partial charge in [0.05, 0.1) is 0 Å². The molecule has 1 rings (SSSR count). The lowest BCUT2D eigenvalue weighted by Gasteiger charge is -2.27. The Hall–Kier alpha value is -1.30. The predicted octanol–water partition coefficient (Wildman–Crippen LogP) is 1.01. The van der Waals surface area contributed by atoms with Crippen molar-refractivity contribution in [2.45, 2.75) is 44.9 Å². The first-order valence-corrected chi connectivity index (χ1v) is 6.00. The minimum Gasteiger partial charge on any atom is -0.480 e. The third-order valence-corrected chi connectivity index (χ3v) is 2.92. The van der Waals surface area contributed by atoms with E-state index in [1.807, 2.05) is 19.0 Å². The van der Waals surface area contributed by atoms with Crippen molar-refractivity contribution in [3.63, 3.8) is 0 Å². The Kier molecular flexibility index (Phi) is 4.21. The maximum Gasteiger partial charge on any atom is 0.411 e. The van der Waals surface area contributed by atoms with E-state index in [4.69, 9.17) is 9.84 Å². The monoisotopic (exact) mass is 258 g/mol. The summed E-state index contributed by atoms with van der Waals surface area (Å²) in [5.41, 5.74) is -0.615. The summed E-state index contributed by atoms with van der Waals surface area (Å²) >= 11 is 0. The summed E-state index contributed by atoms with van der Waals surface area (Å²) in [6, 6.07) is -0.745. The summed E-state index contributed by atoms with van der Waals surface area (Å²) in [6.45, 7) is 5.68. The zero-order chi connectivity index (χ0) is 14.1. The predicted molar refractivity (Wildman–Crippen MR) is 66.5 cm³/mol. The van der Waals surface area contributed by atoms with E-state index in [9.17, 15) is 9.59 Å². The first-order chi connectivity index (χ1) is 8.11. The Bertz CT molecular complexity index is 335. The van der Waals surface area contributed by atoms with Crippen LogP contribution < -0.4 is 0 Å². The topological polar surface area (TPSA) is 70.1 Å². The molecule has 0 radical (unpaired) electrons. The molecule has 6 nitrogen and oxygen atoms in total. The average molecular weight is 258 g/mol. The van der Waals surface area contributed by atoms with Gasteiger partial charge in [0.1, 0.15) is 11.6 Å². The van der Waals surface area contributed by atoms with Crippen molar-refractivity contribution in [1.82, 2.24) is 9.80 Å². The van der Waals surface area contributed by atoms with Gasteiger partial charge in [0, 0.05) is 12.6 Å². The average Bonchev–Trinajstić information content (AvgIpc) is 2.58. The number of nitrogens with zero attached hydrogens (tertiary/aromatic N) is 2. The van der Waals surface area contributed by atoms with Gasteiger partial charge in [0.25, 0.3) is 0 Å². The lowest BCUT2D eigenvalue weighted by atomic mass is 10.1. The van der Waals surface area contributed by atoms with Crippen LogP contribution in [0.4, 0.5) is 4.79 Å². The van der Waals surface area contributed by atoms with Crippen molar-refractivity contribution in [2.75, 3.05) is 20.6 Å². The van der Waals surface area contributed by atoms with E-state index < -0.39 is 23.7 Å². The van der Waals surface area contributed by atoms with Gasteiger partial charge < -0.3 is 14.7 Å². The summed E-state index contributed by atoms with van der Waals surface area (Å²) in [4.78, 5) is 26.4. The highest BCUT2D eigenvalue weighted by molar-refractivity contribution is 5.81. The van der Waals surface area contributed by atoms with Crippen molar-refractivity contribution in [2.24, 2.45) is 0 Å². The minimum absolute atomic E-state index is 0.0543. The van der Waals surface area contributed by atoms with Crippen LogP contribution in [-0.4, -0.2) is 65.3 Å². The molecule has 1 N–H and O–H groups in total.